The second-order valence-electron chi connectivity index (χ2n) is 8.43. The lowest BCUT2D eigenvalue weighted by Gasteiger charge is -2.43. The molecule has 134 valence electrons. The van der Waals surface area contributed by atoms with Crippen molar-refractivity contribution in [2.75, 3.05) is 0 Å². The molecule has 0 radical (unpaired) electrons. The van der Waals surface area contributed by atoms with Gasteiger partial charge in [-0.3, -0.25) is 0 Å². The van der Waals surface area contributed by atoms with Gasteiger partial charge in [-0.25, -0.2) is 0 Å². The van der Waals surface area contributed by atoms with Crippen molar-refractivity contribution in [2.24, 2.45) is 5.92 Å². The van der Waals surface area contributed by atoms with E-state index in [1.54, 1.807) is 5.56 Å². The Morgan fingerprint density at radius 3 is 1.96 bits per heavy atom. The maximum Gasteiger partial charge on any atom is -0.00494 e. The number of hydrogen-bond acceptors (Lipinski definition) is 0. The first-order valence-electron chi connectivity index (χ1n) is 10.2. The molecule has 0 aromatic heterocycles. The molecule has 0 heteroatoms. The summed E-state index contributed by atoms with van der Waals surface area (Å²) in [5.74, 6) is 0.869. The van der Waals surface area contributed by atoms with Gasteiger partial charge in [0.2, 0.25) is 0 Å². The van der Waals surface area contributed by atoms with Gasteiger partial charge in [0.15, 0.2) is 0 Å². The molecule has 1 aliphatic carbocycles. The van der Waals surface area contributed by atoms with E-state index in [4.69, 9.17) is 0 Å². The van der Waals surface area contributed by atoms with Crippen molar-refractivity contribution in [3.8, 4) is 0 Å². The van der Waals surface area contributed by atoms with Crippen LogP contribution in [-0.2, 0) is 10.8 Å². The van der Waals surface area contributed by atoms with Crippen LogP contribution in [0.1, 0.15) is 76.8 Å². The molecule has 0 N–H and O–H groups in total. The third-order valence-corrected chi connectivity index (χ3v) is 7.12. The van der Waals surface area contributed by atoms with Crippen LogP contribution < -0.4 is 0 Å². The smallest absolute Gasteiger partial charge is 0.00494 e. The van der Waals surface area contributed by atoms with Gasteiger partial charge in [0.25, 0.3) is 0 Å². The van der Waals surface area contributed by atoms with Crippen LogP contribution in [0.2, 0.25) is 0 Å². The van der Waals surface area contributed by atoms with E-state index in [9.17, 15) is 0 Å². The van der Waals surface area contributed by atoms with Crippen molar-refractivity contribution < 1.29 is 0 Å². The monoisotopic (exact) mass is 334 g/mol. The van der Waals surface area contributed by atoms with Crippen LogP contribution >= 0.6 is 0 Å². The van der Waals surface area contributed by atoms with Crippen LogP contribution in [0.5, 0.6) is 0 Å². The molecule has 0 amide bonds. The van der Waals surface area contributed by atoms with Crippen molar-refractivity contribution in [1.82, 2.24) is 0 Å². The number of hydrogen-bond donors (Lipinski definition) is 0. The molecule has 1 fully saturated rings. The summed E-state index contributed by atoms with van der Waals surface area (Å²) < 4.78 is 0. The van der Waals surface area contributed by atoms with E-state index in [1.807, 2.05) is 0 Å². The van der Waals surface area contributed by atoms with Gasteiger partial charge in [0.05, 0.1) is 0 Å². The molecule has 1 saturated carbocycles. The van der Waals surface area contributed by atoms with Crippen molar-refractivity contribution in [2.45, 2.75) is 76.5 Å². The summed E-state index contributed by atoms with van der Waals surface area (Å²) in [7, 11) is 0. The Labute approximate surface area is 154 Å². The summed E-state index contributed by atoms with van der Waals surface area (Å²) in [5.41, 5.74) is 3.84. The maximum absolute atomic E-state index is 2.47. The summed E-state index contributed by atoms with van der Waals surface area (Å²) in [6.45, 7) is 7.21. The molecule has 25 heavy (non-hydrogen) atoms. The highest BCUT2D eigenvalue weighted by Gasteiger charge is 2.37. The Bertz CT molecular complexity index is 634. The summed E-state index contributed by atoms with van der Waals surface area (Å²) in [4.78, 5) is 0. The third kappa shape index (κ3) is 3.84. The minimum Gasteiger partial charge on any atom is -0.0645 e. The fourth-order valence-electron chi connectivity index (χ4n) is 5.02. The highest BCUT2D eigenvalue weighted by Crippen LogP contribution is 2.47. The SMILES string of the molecule is CCC(C)(CC1CCC(CC)(c2ccccc2)CC1)c1ccccc1. The average molecular weight is 335 g/mol. The second-order valence-corrected chi connectivity index (χ2v) is 8.43. The van der Waals surface area contributed by atoms with E-state index in [0.29, 0.717) is 10.8 Å². The van der Waals surface area contributed by atoms with Gasteiger partial charge in [0, 0.05) is 0 Å². The topological polar surface area (TPSA) is 0 Å². The van der Waals surface area contributed by atoms with E-state index in [2.05, 4.69) is 81.4 Å². The minimum atomic E-state index is 0.324. The van der Waals surface area contributed by atoms with Gasteiger partial charge in [-0.2, -0.15) is 0 Å². The lowest BCUT2D eigenvalue weighted by molar-refractivity contribution is 0.188. The summed E-state index contributed by atoms with van der Waals surface area (Å²) in [5, 5.41) is 0. The normalized spacial score (nSPS) is 26.1. The van der Waals surface area contributed by atoms with E-state index >= 15 is 0 Å². The molecule has 1 unspecified atom stereocenters. The fraction of sp³-hybridized carbons (Fsp3) is 0.520. The van der Waals surface area contributed by atoms with Gasteiger partial charge in [0.1, 0.15) is 0 Å². The molecule has 2 aromatic rings. The molecule has 0 nitrogen and oxygen atoms in total. The Morgan fingerprint density at radius 2 is 1.44 bits per heavy atom. The third-order valence-electron chi connectivity index (χ3n) is 7.12. The van der Waals surface area contributed by atoms with Crippen LogP contribution in [0.4, 0.5) is 0 Å². The first-order chi connectivity index (χ1) is 12.1. The lowest BCUT2D eigenvalue weighted by atomic mass is 9.62. The first kappa shape index (κ1) is 18.2. The molecule has 0 spiro atoms. The predicted molar refractivity (Wildman–Crippen MR) is 109 cm³/mol. The molecule has 0 heterocycles. The molecule has 0 aliphatic heterocycles. The van der Waals surface area contributed by atoms with Gasteiger partial charge >= 0.3 is 0 Å². The predicted octanol–water partition coefficient (Wildman–Crippen LogP) is 7.28. The zero-order valence-electron chi connectivity index (χ0n) is 16.3. The summed E-state index contributed by atoms with van der Waals surface area (Å²) in [6.07, 6.45) is 9.30. The molecule has 1 aliphatic rings. The number of benzene rings is 2. The van der Waals surface area contributed by atoms with Gasteiger partial charge in [-0.1, -0.05) is 81.4 Å². The van der Waals surface area contributed by atoms with Crippen molar-refractivity contribution in [3.63, 3.8) is 0 Å². The van der Waals surface area contributed by atoms with Gasteiger partial charge in [-0.05, 0) is 72.8 Å². The molecule has 2 aromatic carbocycles. The number of rotatable bonds is 6. The fourth-order valence-corrected chi connectivity index (χ4v) is 5.02. The molecular formula is C25H34. The molecular weight excluding hydrogens is 300 g/mol. The summed E-state index contributed by atoms with van der Waals surface area (Å²) in [6, 6.07) is 22.4. The summed E-state index contributed by atoms with van der Waals surface area (Å²) >= 11 is 0. The van der Waals surface area contributed by atoms with Crippen molar-refractivity contribution in [3.05, 3.63) is 71.8 Å². The van der Waals surface area contributed by atoms with Crippen LogP contribution in [0.25, 0.3) is 0 Å². The molecule has 1 atom stereocenters. The van der Waals surface area contributed by atoms with Crippen LogP contribution in [0.3, 0.4) is 0 Å². The quantitative estimate of drug-likeness (QED) is 0.520. The Hall–Kier alpha value is -1.56. The molecule has 0 bridgehead atoms. The maximum atomic E-state index is 2.47. The van der Waals surface area contributed by atoms with E-state index < -0.39 is 0 Å². The average Bonchev–Trinajstić information content (AvgIpc) is 2.70. The van der Waals surface area contributed by atoms with E-state index in [0.717, 1.165) is 5.92 Å². The van der Waals surface area contributed by atoms with Crippen LogP contribution in [0, 0.1) is 5.92 Å². The Balaban J connectivity index is 1.69. The largest absolute Gasteiger partial charge is 0.0645 e. The molecule has 3 rings (SSSR count). The highest BCUT2D eigenvalue weighted by atomic mass is 14.4. The Kier molecular flexibility index (Phi) is 5.67. The zero-order chi connectivity index (χ0) is 17.8. The first-order valence-corrected chi connectivity index (χ1v) is 10.2. The van der Waals surface area contributed by atoms with Gasteiger partial charge < -0.3 is 0 Å². The Morgan fingerprint density at radius 1 is 0.880 bits per heavy atom. The van der Waals surface area contributed by atoms with E-state index in [1.165, 1.54) is 50.5 Å². The lowest BCUT2D eigenvalue weighted by Crippen LogP contribution is -2.34. The second kappa shape index (κ2) is 7.77. The van der Waals surface area contributed by atoms with Crippen LogP contribution in [-0.4, -0.2) is 0 Å². The minimum absolute atomic E-state index is 0.324. The highest BCUT2D eigenvalue weighted by molar-refractivity contribution is 5.27. The van der Waals surface area contributed by atoms with Crippen molar-refractivity contribution >= 4 is 0 Å². The van der Waals surface area contributed by atoms with Crippen molar-refractivity contribution in [1.29, 1.82) is 0 Å². The van der Waals surface area contributed by atoms with E-state index in [-0.39, 0.29) is 0 Å². The van der Waals surface area contributed by atoms with Gasteiger partial charge in [-0.15, -0.1) is 0 Å². The zero-order valence-corrected chi connectivity index (χ0v) is 16.3. The molecule has 0 saturated heterocycles. The standard InChI is InChI=1S/C25H34/c1-4-24(3,22-12-8-6-9-13-22)20-21-16-18-25(5-2,19-17-21)23-14-10-7-11-15-23/h6-15,21H,4-5,16-20H2,1-3H3. The van der Waals surface area contributed by atoms with Crippen LogP contribution in [0.15, 0.2) is 60.7 Å².